The molecule has 1 aliphatic heterocycles. The predicted molar refractivity (Wildman–Crippen MR) is 44.6 cm³/mol. The molecule has 0 amide bonds. The zero-order valence-corrected chi connectivity index (χ0v) is 6.47. The number of nitrogens with two attached hydrogens (primary N) is 1. The van der Waals surface area contributed by atoms with E-state index < -0.39 is 0 Å². The van der Waals surface area contributed by atoms with E-state index >= 15 is 0 Å². The molecule has 2 N–H and O–H groups in total. The van der Waals surface area contributed by atoms with Gasteiger partial charge in [0.1, 0.15) is 12.6 Å². The monoisotopic (exact) mass is 163 g/mol. The summed E-state index contributed by atoms with van der Waals surface area (Å²) in [5, 5.41) is 0. The van der Waals surface area contributed by atoms with Crippen LogP contribution in [0, 0.1) is 0 Å². The van der Waals surface area contributed by atoms with Gasteiger partial charge in [0.15, 0.2) is 0 Å². The molecule has 62 valence electrons. The Labute approximate surface area is 70.1 Å². The van der Waals surface area contributed by atoms with Crippen LogP contribution >= 0.6 is 0 Å². The van der Waals surface area contributed by atoms with Crippen molar-refractivity contribution in [3.63, 3.8) is 0 Å². The second-order valence-corrected chi connectivity index (χ2v) is 2.58. The van der Waals surface area contributed by atoms with E-state index in [2.05, 4.69) is 9.98 Å². The Bertz CT molecular complexity index is 296. The predicted octanol–water partition coefficient (Wildman–Crippen LogP) is 0.468. The third-order valence-electron chi connectivity index (χ3n) is 1.74. The number of amidine groups is 1. The van der Waals surface area contributed by atoms with Crippen molar-refractivity contribution in [1.29, 1.82) is 0 Å². The Balaban J connectivity index is 2.22. The maximum Gasteiger partial charge on any atom is 0.282 e. The molecule has 4 nitrogen and oxygen atoms in total. The Hall–Kier alpha value is -1.58. The molecular formula is C8H9N3O. The van der Waals surface area contributed by atoms with Crippen LogP contribution in [0.1, 0.15) is 11.6 Å². The normalized spacial score (nSPS) is 21.7. The lowest BCUT2D eigenvalue weighted by Crippen LogP contribution is -2.10. The van der Waals surface area contributed by atoms with Crippen molar-refractivity contribution in [3.8, 4) is 0 Å². The Morgan fingerprint density at radius 1 is 1.58 bits per heavy atom. The van der Waals surface area contributed by atoms with Gasteiger partial charge in [0.05, 0.1) is 0 Å². The fourth-order valence-electron chi connectivity index (χ4n) is 1.14. The highest BCUT2D eigenvalue weighted by molar-refractivity contribution is 5.73. The molecule has 4 heteroatoms. The molecule has 12 heavy (non-hydrogen) atoms. The lowest BCUT2D eigenvalue weighted by molar-refractivity contribution is 0.315. The van der Waals surface area contributed by atoms with Gasteiger partial charge in [-0.3, -0.25) is 4.98 Å². The zero-order chi connectivity index (χ0) is 8.39. The van der Waals surface area contributed by atoms with Crippen molar-refractivity contribution >= 4 is 6.02 Å². The molecule has 1 unspecified atom stereocenters. The highest BCUT2D eigenvalue weighted by Gasteiger charge is 2.18. The highest BCUT2D eigenvalue weighted by atomic mass is 16.5. The van der Waals surface area contributed by atoms with Gasteiger partial charge in [0.2, 0.25) is 0 Å². The van der Waals surface area contributed by atoms with E-state index in [1.54, 1.807) is 12.4 Å². The summed E-state index contributed by atoms with van der Waals surface area (Å²) in [5.41, 5.74) is 6.41. The number of aliphatic imine (C=N–C) groups is 1. The van der Waals surface area contributed by atoms with Gasteiger partial charge in [-0.1, -0.05) is 6.07 Å². The van der Waals surface area contributed by atoms with Gasteiger partial charge in [-0.15, -0.1) is 0 Å². The van der Waals surface area contributed by atoms with Crippen molar-refractivity contribution in [2.45, 2.75) is 6.04 Å². The quantitative estimate of drug-likeness (QED) is 0.654. The van der Waals surface area contributed by atoms with E-state index in [1.807, 2.05) is 12.1 Å². The zero-order valence-electron chi connectivity index (χ0n) is 6.47. The summed E-state index contributed by atoms with van der Waals surface area (Å²) in [5.74, 6) is 0. The summed E-state index contributed by atoms with van der Waals surface area (Å²) in [6.45, 7) is 0.525. The number of nitrogens with zero attached hydrogens (tertiary/aromatic N) is 2. The van der Waals surface area contributed by atoms with Crippen LogP contribution in [-0.4, -0.2) is 17.6 Å². The van der Waals surface area contributed by atoms with E-state index in [4.69, 9.17) is 10.5 Å². The van der Waals surface area contributed by atoms with Crippen molar-refractivity contribution in [3.05, 3.63) is 30.1 Å². The van der Waals surface area contributed by atoms with Gasteiger partial charge in [0, 0.05) is 12.4 Å². The molecule has 1 aromatic heterocycles. The third kappa shape index (κ3) is 1.23. The van der Waals surface area contributed by atoms with Crippen molar-refractivity contribution in [2.24, 2.45) is 10.7 Å². The second-order valence-electron chi connectivity index (χ2n) is 2.58. The number of aromatic nitrogens is 1. The average molecular weight is 163 g/mol. The molecule has 0 fully saturated rings. The fraction of sp³-hybridized carbons (Fsp3) is 0.250. The number of rotatable bonds is 1. The maximum absolute atomic E-state index is 5.37. The van der Waals surface area contributed by atoms with Gasteiger partial charge >= 0.3 is 0 Å². The summed E-state index contributed by atoms with van der Waals surface area (Å²) in [4.78, 5) is 8.08. The molecule has 0 radical (unpaired) electrons. The number of ether oxygens (including phenoxy) is 1. The Kier molecular flexibility index (Phi) is 1.66. The first-order chi connectivity index (χ1) is 5.86. The fourth-order valence-corrected chi connectivity index (χ4v) is 1.14. The lowest BCUT2D eigenvalue weighted by atomic mass is 10.1. The molecule has 0 saturated heterocycles. The SMILES string of the molecule is NC1=NC(c2cccnc2)CO1. The second kappa shape index (κ2) is 2.81. The summed E-state index contributed by atoms with van der Waals surface area (Å²) in [7, 11) is 0. The molecular weight excluding hydrogens is 154 g/mol. The van der Waals surface area contributed by atoms with Crippen LogP contribution < -0.4 is 5.73 Å². The van der Waals surface area contributed by atoms with Gasteiger partial charge in [0.25, 0.3) is 6.02 Å². The summed E-state index contributed by atoms with van der Waals surface area (Å²) >= 11 is 0. The number of hydrogen-bond acceptors (Lipinski definition) is 4. The van der Waals surface area contributed by atoms with Gasteiger partial charge < -0.3 is 10.5 Å². The van der Waals surface area contributed by atoms with Gasteiger partial charge in [-0.2, -0.15) is 0 Å². The van der Waals surface area contributed by atoms with Crippen LogP contribution in [-0.2, 0) is 4.74 Å². The van der Waals surface area contributed by atoms with Crippen LogP contribution in [0.15, 0.2) is 29.5 Å². The van der Waals surface area contributed by atoms with Gasteiger partial charge in [-0.25, -0.2) is 4.99 Å². The van der Waals surface area contributed by atoms with Crippen molar-refractivity contribution in [2.75, 3.05) is 6.61 Å². The molecule has 0 spiro atoms. The molecule has 2 rings (SSSR count). The average Bonchev–Trinajstić information content (AvgIpc) is 2.54. The van der Waals surface area contributed by atoms with Crippen molar-refractivity contribution < 1.29 is 4.74 Å². The molecule has 0 saturated carbocycles. The van der Waals surface area contributed by atoms with Crippen LogP contribution in [0.5, 0.6) is 0 Å². The summed E-state index contributed by atoms with van der Waals surface area (Å²) in [6, 6.07) is 4.13. The molecule has 0 aromatic carbocycles. The minimum Gasteiger partial charge on any atom is -0.463 e. The van der Waals surface area contributed by atoms with Crippen LogP contribution in [0.25, 0.3) is 0 Å². The smallest absolute Gasteiger partial charge is 0.282 e. The number of pyridine rings is 1. The minimum atomic E-state index is 0.0266. The molecule has 1 aliphatic rings. The first-order valence-electron chi connectivity index (χ1n) is 3.72. The van der Waals surface area contributed by atoms with E-state index in [-0.39, 0.29) is 12.1 Å². The topological polar surface area (TPSA) is 60.5 Å². The van der Waals surface area contributed by atoms with Gasteiger partial charge in [-0.05, 0) is 11.6 Å². The molecule has 0 aliphatic carbocycles. The van der Waals surface area contributed by atoms with Crippen LogP contribution in [0.2, 0.25) is 0 Å². The lowest BCUT2D eigenvalue weighted by Gasteiger charge is -2.02. The molecule has 1 aromatic rings. The summed E-state index contributed by atoms with van der Waals surface area (Å²) < 4.78 is 5.02. The Morgan fingerprint density at radius 2 is 2.50 bits per heavy atom. The first-order valence-corrected chi connectivity index (χ1v) is 3.72. The van der Waals surface area contributed by atoms with Crippen molar-refractivity contribution in [1.82, 2.24) is 4.98 Å². The molecule has 2 heterocycles. The van der Waals surface area contributed by atoms with E-state index in [1.165, 1.54) is 0 Å². The highest BCUT2D eigenvalue weighted by Crippen LogP contribution is 2.20. The maximum atomic E-state index is 5.37. The Morgan fingerprint density at radius 3 is 3.08 bits per heavy atom. The van der Waals surface area contributed by atoms with Crippen LogP contribution in [0.4, 0.5) is 0 Å². The minimum absolute atomic E-state index is 0.0266. The first kappa shape index (κ1) is 7.09. The van der Waals surface area contributed by atoms with E-state index in [0.29, 0.717) is 6.61 Å². The molecule has 1 atom stereocenters. The largest absolute Gasteiger partial charge is 0.463 e. The van der Waals surface area contributed by atoms with Crippen LogP contribution in [0.3, 0.4) is 0 Å². The van der Waals surface area contributed by atoms with E-state index in [9.17, 15) is 0 Å². The number of hydrogen-bond donors (Lipinski definition) is 1. The standard InChI is InChI=1S/C8H9N3O/c9-8-11-7(5-12-8)6-2-1-3-10-4-6/h1-4,7H,5H2,(H2,9,11). The summed E-state index contributed by atoms with van der Waals surface area (Å²) in [6.07, 6.45) is 3.50. The van der Waals surface area contributed by atoms with E-state index in [0.717, 1.165) is 5.56 Å². The molecule has 0 bridgehead atoms. The third-order valence-corrected chi connectivity index (χ3v) is 1.74.